The van der Waals surface area contributed by atoms with Crippen molar-refractivity contribution in [3.8, 4) is 11.5 Å². The maximum absolute atomic E-state index is 12.3. The summed E-state index contributed by atoms with van der Waals surface area (Å²) >= 11 is 0. The fourth-order valence-corrected chi connectivity index (χ4v) is 2.33. The smallest absolute Gasteiger partial charge is 0.248 e. The highest BCUT2D eigenvalue weighted by molar-refractivity contribution is 6.02. The minimum atomic E-state index is -0.208. The highest BCUT2D eigenvalue weighted by Crippen LogP contribution is 2.31. The fraction of sp³-hybridized carbons (Fsp3) is 0.286. The Morgan fingerprint density at radius 1 is 1.00 bits per heavy atom. The predicted octanol–water partition coefficient (Wildman–Crippen LogP) is 4.65. The molecule has 0 unspecified atom stereocenters. The van der Waals surface area contributed by atoms with Crippen LogP contribution in [0.2, 0.25) is 0 Å². The van der Waals surface area contributed by atoms with Crippen molar-refractivity contribution < 1.29 is 14.3 Å². The molecule has 2 aromatic carbocycles. The average molecular weight is 339 g/mol. The summed E-state index contributed by atoms with van der Waals surface area (Å²) in [6.45, 7) is 6.39. The molecule has 0 aliphatic rings. The van der Waals surface area contributed by atoms with E-state index in [-0.39, 0.29) is 11.3 Å². The van der Waals surface area contributed by atoms with Gasteiger partial charge in [0.25, 0.3) is 0 Å². The first-order valence-corrected chi connectivity index (χ1v) is 8.15. The van der Waals surface area contributed by atoms with Gasteiger partial charge in [-0.25, -0.2) is 0 Å². The number of hydrogen-bond acceptors (Lipinski definition) is 3. The molecule has 0 radical (unpaired) electrons. The first-order chi connectivity index (χ1) is 11.8. The molecule has 0 fully saturated rings. The van der Waals surface area contributed by atoms with Crippen LogP contribution in [0.15, 0.2) is 48.5 Å². The predicted molar refractivity (Wildman–Crippen MR) is 102 cm³/mol. The van der Waals surface area contributed by atoms with Crippen molar-refractivity contribution in [3.05, 3.63) is 59.7 Å². The van der Waals surface area contributed by atoms with Crippen LogP contribution in [0.5, 0.6) is 11.5 Å². The molecule has 1 N–H and O–H groups in total. The Morgan fingerprint density at radius 3 is 2.24 bits per heavy atom. The highest BCUT2D eigenvalue weighted by atomic mass is 16.5. The number of ether oxygens (including phenoxy) is 2. The summed E-state index contributed by atoms with van der Waals surface area (Å²) in [7, 11) is 3.21. The van der Waals surface area contributed by atoms with Gasteiger partial charge in [-0.05, 0) is 46.9 Å². The van der Waals surface area contributed by atoms with E-state index in [0.29, 0.717) is 11.4 Å². The van der Waals surface area contributed by atoms with Crippen LogP contribution in [0.25, 0.3) is 6.08 Å². The van der Waals surface area contributed by atoms with Gasteiger partial charge in [0.15, 0.2) is 0 Å². The third kappa shape index (κ3) is 5.11. The topological polar surface area (TPSA) is 47.6 Å². The number of methoxy groups -OCH3 is 2. The first kappa shape index (κ1) is 18.6. The van der Waals surface area contributed by atoms with Crippen molar-refractivity contribution in [1.29, 1.82) is 0 Å². The van der Waals surface area contributed by atoms with Gasteiger partial charge in [-0.1, -0.05) is 39.0 Å². The summed E-state index contributed by atoms with van der Waals surface area (Å²) in [5.41, 5.74) is 2.71. The molecule has 0 aromatic heterocycles. The van der Waals surface area contributed by atoms with Crippen LogP contribution >= 0.6 is 0 Å². The van der Waals surface area contributed by atoms with Crippen molar-refractivity contribution in [2.75, 3.05) is 19.5 Å². The molecule has 0 heterocycles. The van der Waals surface area contributed by atoms with E-state index >= 15 is 0 Å². The van der Waals surface area contributed by atoms with E-state index in [2.05, 4.69) is 26.1 Å². The van der Waals surface area contributed by atoms with E-state index in [1.165, 1.54) is 6.08 Å². The fourth-order valence-electron chi connectivity index (χ4n) is 2.33. The largest absolute Gasteiger partial charge is 0.497 e. The molecule has 0 bridgehead atoms. The van der Waals surface area contributed by atoms with Gasteiger partial charge in [-0.15, -0.1) is 0 Å². The number of rotatable bonds is 5. The molecule has 0 saturated carbocycles. The molecule has 132 valence electrons. The number of hydrogen-bond donors (Lipinski definition) is 1. The standard InChI is InChI=1S/C21H25NO3/c1-21(2,3)16-9-12-19(25-5)18(14-16)22-20(23)13-8-15-6-10-17(24-4)11-7-15/h6-14H,1-5H3,(H,22,23)/b13-8+. The second kappa shape index (κ2) is 7.88. The third-order valence-corrected chi connectivity index (χ3v) is 3.87. The van der Waals surface area contributed by atoms with Gasteiger partial charge in [0.05, 0.1) is 19.9 Å². The summed E-state index contributed by atoms with van der Waals surface area (Å²) in [5, 5.41) is 2.89. The molecular formula is C21H25NO3. The Kier molecular flexibility index (Phi) is 5.86. The van der Waals surface area contributed by atoms with Gasteiger partial charge in [-0.3, -0.25) is 4.79 Å². The zero-order valence-electron chi connectivity index (χ0n) is 15.4. The lowest BCUT2D eigenvalue weighted by atomic mass is 9.87. The SMILES string of the molecule is COc1ccc(/C=C/C(=O)Nc2cc(C(C)(C)C)ccc2OC)cc1. The van der Waals surface area contributed by atoms with E-state index in [1.807, 2.05) is 42.5 Å². The number of benzene rings is 2. The second-order valence-electron chi connectivity index (χ2n) is 6.76. The van der Waals surface area contributed by atoms with Gasteiger partial charge in [0.1, 0.15) is 11.5 Å². The molecule has 0 aliphatic carbocycles. The molecule has 2 aromatic rings. The van der Waals surface area contributed by atoms with E-state index in [4.69, 9.17) is 9.47 Å². The molecule has 0 atom stereocenters. The Hall–Kier alpha value is -2.75. The maximum atomic E-state index is 12.3. The zero-order valence-corrected chi connectivity index (χ0v) is 15.4. The highest BCUT2D eigenvalue weighted by Gasteiger charge is 2.16. The summed E-state index contributed by atoms with van der Waals surface area (Å²) in [4.78, 5) is 12.3. The second-order valence-corrected chi connectivity index (χ2v) is 6.76. The third-order valence-electron chi connectivity index (χ3n) is 3.87. The number of carbonyl (C=O) groups excluding carboxylic acids is 1. The molecule has 0 spiro atoms. The van der Waals surface area contributed by atoms with Crippen LogP contribution in [0, 0.1) is 0 Å². The van der Waals surface area contributed by atoms with Crippen LogP contribution in [0.4, 0.5) is 5.69 Å². The lowest BCUT2D eigenvalue weighted by molar-refractivity contribution is -0.111. The van der Waals surface area contributed by atoms with Crippen LogP contribution in [0.1, 0.15) is 31.9 Å². The van der Waals surface area contributed by atoms with Gasteiger partial charge in [-0.2, -0.15) is 0 Å². The number of nitrogens with one attached hydrogen (secondary N) is 1. The zero-order chi connectivity index (χ0) is 18.4. The Morgan fingerprint density at radius 2 is 1.68 bits per heavy atom. The maximum Gasteiger partial charge on any atom is 0.248 e. The number of anilines is 1. The van der Waals surface area contributed by atoms with Gasteiger partial charge in [0, 0.05) is 6.08 Å². The Bertz CT molecular complexity index is 756. The number of amides is 1. The quantitative estimate of drug-likeness (QED) is 0.806. The minimum absolute atomic E-state index is 0.00924. The molecular weight excluding hydrogens is 314 g/mol. The van der Waals surface area contributed by atoms with Crippen molar-refractivity contribution in [2.45, 2.75) is 26.2 Å². The molecule has 2 rings (SSSR count). The summed E-state index contributed by atoms with van der Waals surface area (Å²) in [5.74, 6) is 1.21. The monoisotopic (exact) mass is 339 g/mol. The molecule has 4 heteroatoms. The summed E-state index contributed by atoms with van der Waals surface area (Å²) in [6.07, 6.45) is 3.26. The van der Waals surface area contributed by atoms with Crippen LogP contribution in [0.3, 0.4) is 0 Å². The van der Waals surface area contributed by atoms with E-state index < -0.39 is 0 Å². The van der Waals surface area contributed by atoms with Crippen LogP contribution in [-0.4, -0.2) is 20.1 Å². The summed E-state index contributed by atoms with van der Waals surface area (Å²) in [6, 6.07) is 13.3. The van der Waals surface area contributed by atoms with Crippen LogP contribution < -0.4 is 14.8 Å². The lowest BCUT2D eigenvalue weighted by Gasteiger charge is -2.21. The first-order valence-electron chi connectivity index (χ1n) is 8.15. The van der Waals surface area contributed by atoms with Crippen molar-refractivity contribution >= 4 is 17.7 Å². The molecule has 0 saturated heterocycles. The lowest BCUT2D eigenvalue weighted by Crippen LogP contribution is -2.14. The summed E-state index contributed by atoms with van der Waals surface area (Å²) < 4.78 is 10.5. The average Bonchev–Trinajstić information content (AvgIpc) is 2.59. The van der Waals surface area contributed by atoms with Crippen molar-refractivity contribution in [2.24, 2.45) is 0 Å². The van der Waals surface area contributed by atoms with Gasteiger partial charge >= 0.3 is 0 Å². The molecule has 25 heavy (non-hydrogen) atoms. The van der Waals surface area contributed by atoms with Crippen molar-refractivity contribution in [3.63, 3.8) is 0 Å². The van der Waals surface area contributed by atoms with Crippen LogP contribution in [-0.2, 0) is 10.2 Å². The van der Waals surface area contributed by atoms with Crippen molar-refractivity contribution in [1.82, 2.24) is 0 Å². The van der Waals surface area contributed by atoms with E-state index in [0.717, 1.165) is 16.9 Å². The van der Waals surface area contributed by atoms with E-state index in [9.17, 15) is 4.79 Å². The minimum Gasteiger partial charge on any atom is -0.497 e. The molecule has 4 nitrogen and oxygen atoms in total. The molecule has 0 aliphatic heterocycles. The van der Waals surface area contributed by atoms with Gasteiger partial charge in [0.2, 0.25) is 5.91 Å². The van der Waals surface area contributed by atoms with E-state index in [1.54, 1.807) is 20.3 Å². The van der Waals surface area contributed by atoms with Gasteiger partial charge < -0.3 is 14.8 Å². The molecule has 1 amide bonds. The Labute approximate surface area is 149 Å². The Balaban J connectivity index is 2.14. The normalized spacial score (nSPS) is 11.4. The number of carbonyl (C=O) groups is 1.